The molecule has 3 nitrogen and oxygen atoms in total. The number of likely N-dealkylation sites (tertiary alicyclic amines) is 1. The molecule has 1 heterocycles. The molecule has 1 atom stereocenters. The first-order valence-electron chi connectivity index (χ1n) is 6.66. The summed E-state index contributed by atoms with van der Waals surface area (Å²) >= 11 is 3.47. The van der Waals surface area contributed by atoms with E-state index in [0.29, 0.717) is 5.92 Å². The van der Waals surface area contributed by atoms with Gasteiger partial charge in [0.05, 0.1) is 11.4 Å². The molecule has 0 spiro atoms. The second kappa shape index (κ2) is 6.43. The van der Waals surface area contributed by atoms with E-state index < -0.39 is 0 Å². The standard InChI is InChI=1S/C14H22BrN3/c1-11(10-18-6-2-3-7-18)9-17-14-8-12(15)4-5-13(14)16/h4-5,8,11,17H,2-3,6-7,9-10,16H2,1H3. The minimum absolute atomic E-state index is 0.640. The normalized spacial score (nSPS) is 17.9. The highest BCUT2D eigenvalue weighted by Crippen LogP contribution is 2.23. The Bertz CT molecular complexity index is 389. The van der Waals surface area contributed by atoms with E-state index in [2.05, 4.69) is 33.1 Å². The number of hydrogen-bond acceptors (Lipinski definition) is 3. The fourth-order valence-electron chi connectivity index (χ4n) is 2.44. The second-order valence-corrected chi connectivity index (χ2v) is 6.14. The van der Waals surface area contributed by atoms with Crippen molar-refractivity contribution in [3.05, 3.63) is 22.7 Å². The molecule has 0 saturated carbocycles. The topological polar surface area (TPSA) is 41.3 Å². The van der Waals surface area contributed by atoms with Crippen LogP contribution in [-0.2, 0) is 0 Å². The summed E-state index contributed by atoms with van der Waals surface area (Å²) in [7, 11) is 0. The number of nitrogens with one attached hydrogen (secondary N) is 1. The number of nitrogens with two attached hydrogens (primary N) is 1. The molecule has 0 aliphatic carbocycles. The minimum atomic E-state index is 0.640. The van der Waals surface area contributed by atoms with Crippen LogP contribution in [0.4, 0.5) is 11.4 Å². The average molecular weight is 312 g/mol. The molecule has 3 N–H and O–H groups in total. The number of nitrogen functional groups attached to an aromatic ring is 1. The molecule has 0 bridgehead atoms. The van der Waals surface area contributed by atoms with Crippen LogP contribution in [0.3, 0.4) is 0 Å². The zero-order chi connectivity index (χ0) is 13.0. The van der Waals surface area contributed by atoms with Crippen LogP contribution in [-0.4, -0.2) is 31.1 Å². The van der Waals surface area contributed by atoms with E-state index in [0.717, 1.165) is 22.4 Å². The Kier molecular flexibility index (Phi) is 4.89. The molecule has 1 unspecified atom stereocenters. The Morgan fingerprint density at radius 1 is 1.39 bits per heavy atom. The van der Waals surface area contributed by atoms with Crippen molar-refractivity contribution in [1.29, 1.82) is 0 Å². The summed E-state index contributed by atoms with van der Waals surface area (Å²) in [4.78, 5) is 2.55. The van der Waals surface area contributed by atoms with Gasteiger partial charge in [0.15, 0.2) is 0 Å². The molecular weight excluding hydrogens is 290 g/mol. The highest BCUT2D eigenvalue weighted by molar-refractivity contribution is 9.10. The quantitative estimate of drug-likeness (QED) is 0.821. The van der Waals surface area contributed by atoms with E-state index >= 15 is 0 Å². The van der Waals surface area contributed by atoms with Gasteiger partial charge in [-0.15, -0.1) is 0 Å². The number of rotatable bonds is 5. The van der Waals surface area contributed by atoms with Gasteiger partial charge in [-0.05, 0) is 50.0 Å². The second-order valence-electron chi connectivity index (χ2n) is 5.23. The third-order valence-corrected chi connectivity index (χ3v) is 3.92. The Morgan fingerprint density at radius 3 is 2.83 bits per heavy atom. The van der Waals surface area contributed by atoms with Gasteiger partial charge in [-0.2, -0.15) is 0 Å². The minimum Gasteiger partial charge on any atom is -0.397 e. The molecule has 1 aromatic rings. The summed E-state index contributed by atoms with van der Waals surface area (Å²) in [5.41, 5.74) is 7.78. The largest absolute Gasteiger partial charge is 0.397 e. The summed E-state index contributed by atoms with van der Waals surface area (Å²) in [5, 5.41) is 3.45. The molecule has 1 fully saturated rings. The molecule has 100 valence electrons. The molecule has 2 rings (SSSR count). The zero-order valence-corrected chi connectivity index (χ0v) is 12.5. The van der Waals surface area contributed by atoms with Gasteiger partial charge in [0.2, 0.25) is 0 Å². The van der Waals surface area contributed by atoms with Gasteiger partial charge in [0, 0.05) is 17.6 Å². The van der Waals surface area contributed by atoms with Crippen molar-refractivity contribution in [3.63, 3.8) is 0 Å². The molecule has 0 radical (unpaired) electrons. The van der Waals surface area contributed by atoms with Crippen LogP contribution in [0.25, 0.3) is 0 Å². The van der Waals surface area contributed by atoms with Crippen LogP contribution in [0.15, 0.2) is 22.7 Å². The van der Waals surface area contributed by atoms with E-state index in [1.54, 1.807) is 0 Å². The van der Waals surface area contributed by atoms with Crippen molar-refractivity contribution in [2.45, 2.75) is 19.8 Å². The van der Waals surface area contributed by atoms with Crippen molar-refractivity contribution in [2.24, 2.45) is 5.92 Å². The number of benzene rings is 1. The van der Waals surface area contributed by atoms with Crippen LogP contribution in [0, 0.1) is 5.92 Å². The van der Waals surface area contributed by atoms with Crippen molar-refractivity contribution in [2.75, 3.05) is 37.2 Å². The van der Waals surface area contributed by atoms with Gasteiger partial charge >= 0.3 is 0 Å². The highest BCUT2D eigenvalue weighted by atomic mass is 79.9. The molecule has 4 heteroatoms. The number of hydrogen-bond donors (Lipinski definition) is 2. The fraction of sp³-hybridized carbons (Fsp3) is 0.571. The predicted molar refractivity (Wildman–Crippen MR) is 81.9 cm³/mol. The van der Waals surface area contributed by atoms with Crippen LogP contribution in [0.1, 0.15) is 19.8 Å². The highest BCUT2D eigenvalue weighted by Gasteiger charge is 2.14. The third kappa shape index (κ3) is 3.89. The maximum atomic E-state index is 5.95. The average Bonchev–Trinajstić information content (AvgIpc) is 2.83. The number of nitrogens with zero attached hydrogens (tertiary/aromatic N) is 1. The molecule has 1 saturated heterocycles. The smallest absolute Gasteiger partial charge is 0.0585 e. The van der Waals surface area contributed by atoms with Gasteiger partial charge in [0.1, 0.15) is 0 Å². The fourth-order valence-corrected chi connectivity index (χ4v) is 2.80. The summed E-state index contributed by atoms with van der Waals surface area (Å²) in [6.07, 6.45) is 2.72. The Labute approximate surface area is 118 Å². The van der Waals surface area contributed by atoms with E-state index in [1.165, 1.54) is 32.5 Å². The van der Waals surface area contributed by atoms with Gasteiger partial charge in [-0.1, -0.05) is 22.9 Å². The van der Waals surface area contributed by atoms with Crippen molar-refractivity contribution < 1.29 is 0 Å². The third-order valence-electron chi connectivity index (χ3n) is 3.42. The molecule has 18 heavy (non-hydrogen) atoms. The van der Waals surface area contributed by atoms with Gasteiger partial charge in [-0.25, -0.2) is 0 Å². The SMILES string of the molecule is CC(CNc1cc(Br)ccc1N)CN1CCCC1. The Hall–Kier alpha value is -0.740. The van der Waals surface area contributed by atoms with Gasteiger partial charge in [0.25, 0.3) is 0 Å². The molecule has 1 aromatic carbocycles. The lowest BCUT2D eigenvalue weighted by atomic mass is 10.1. The van der Waals surface area contributed by atoms with Gasteiger partial charge < -0.3 is 16.0 Å². The van der Waals surface area contributed by atoms with Crippen LogP contribution in [0.5, 0.6) is 0 Å². The van der Waals surface area contributed by atoms with Crippen LogP contribution < -0.4 is 11.1 Å². The van der Waals surface area contributed by atoms with Crippen molar-refractivity contribution >= 4 is 27.3 Å². The summed E-state index contributed by atoms with van der Waals surface area (Å²) in [5.74, 6) is 0.640. The summed E-state index contributed by atoms with van der Waals surface area (Å²) in [6.45, 7) is 6.98. The first-order chi connectivity index (χ1) is 8.65. The lowest BCUT2D eigenvalue weighted by Crippen LogP contribution is -2.29. The van der Waals surface area contributed by atoms with Crippen molar-refractivity contribution in [3.8, 4) is 0 Å². The summed E-state index contributed by atoms with van der Waals surface area (Å²) in [6, 6.07) is 5.93. The van der Waals surface area contributed by atoms with E-state index in [4.69, 9.17) is 5.73 Å². The van der Waals surface area contributed by atoms with E-state index in [9.17, 15) is 0 Å². The first-order valence-corrected chi connectivity index (χ1v) is 7.45. The lowest BCUT2D eigenvalue weighted by Gasteiger charge is -2.21. The Balaban J connectivity index is 1.81. The number of halogens is 1. The van der Waals surface area contributed by atoms with Crippen LogP contribution >= 0.6 is 15.9 Å². The Morgan fingerprint density at radius 2 is 2.11 bits per heavy atom. The number of anilines is 2. The predicted octanol–water partition coefficient (Wildman–Crippen LogP) is 3.18. The first kappa shape index (κ1) is 13.7. The molecular formula is C14H22BrN3. The van der Waals surface area contributed by atoms with Crippen molar-refractivity contribution in [1.82, 2.24) is 4.90 Å². The van der Waals surface area contributed by atoms with E-state index in [-0.39, 0.29) is 0 Å². The van der Waals surface area contributed by atoms with Crippen LogP contribution in [0.2, 0.25) is 0 Å². The maximum Gasteiger partial charge on any atom is 0.0585 e. The van der Waals surface area contributed by atoms with E-state index in [1.807, 2.05) is 18.2 Å². The molecule has 0 amide bonds. The molecule has 0 aromatic heterocycles. The lowest BCUT2D eigenvalue weighted by molar-refractivity contribution is 0.294. The van der Waals surface area contributed by atoms with Gasteiger partial charge in [-0.3, -0.25) is 0 Å². The zero-order valence-electron chi connectivity index (χ0n) is 11.0. The molecule has 1 aliphatic heterocycles. The monoisotopic (exact) mass is 311 g/mol. The summed E-state index contributed by atoms with van der Waals surface area (Å²) < 4.78 is 1.06. The maximum absolute atomic E-state index is 5.95. The molecule has 1 aliphatic rings.